The van der Waals surface area contributed by atoms with Crippen molar-refractivity contribution in [2.24, 2.45) is 0 Å². The summed E-state index contributed by atoms with van der Waals surface area (Å²) in [6.07, 6.45) is 9.66. The summed E-state index contributed by atoms with van der Waals surface area (Å²) in [7, 11) is 0. The van der Waals surface area contributed by atoms with E-state index in [4.69, 9.17) is 0 Å². The molecule has 0 bridgehead atoms. The fourth-order valence-electron chi connectivity index (χ4n) is 2.86. The third kappa shape index (κ3) is 4.13. The van der Waals surface area contributed by atoms with E-state index < -0.39 is 0 Å². The summed E-state index contributed by atoms with van der Waals surface area (Å²) < 4.78 is 0. The molecule has 0 saturated heterocycles. The van der Waals surface area contributed by atoms with Crippen molar-refractivity contribution in [2.75, 3.05) is 13.1 Å². The predicted molar refractivity (Wildman–Crippen MR) is 78.8 cm³/mol. The van der Waals surface area contributed by atoms with E-state index in [1.807, 2.05) is 0 Å². The van der Waals surface area contributed by atoms with Crippen LogP contribution in [0.25, 0.3) is 0 Å². The lowest BCUT2D eigenvalue weighted by atomic mass is 9.99. The zero-order valence-corrected chi connectivity index (χ0v) is 11.8. The van der Waals surface area contributed by atoms with Gasteiger partial charge >= 0.3 is 0 Å². The molecular weight excluding hydrogens is 218 g/mol. The highest BCUT2D eigenvalue weighted by molar-refractivity contribution is 5.28. The van der Waals surface area contributed by atoms with E-state index >= 15 is 0 Å². The zero-order chi connectivity index (χ0) is 12.6. The van der Waals surface area contributed by atoms with E-state index in [0.29, 0.717) is 0 Å². The van der Waals surface area contributed by atoms with Gasteiger partial charge in [0, 0.05) is 13.1 Å². The molecule has 0 amide bonds. The van der Waals surface area contributed by atoms with Gasteiger partial charge in [-0.1, -0.05) is 63.3 Å². The van der Waals surface area contributed by atoms with Crippen molar-refractivity contribution in [1.82, 2.24) is 4.90 Å². The molecule has 1 aliphatic heterocycles. The van der Waals surface area contributed by atoms with Crippen LogP contribution < -0.4 is 0 Å². The van der Waals surface area contributed by atoms with Crippen LogP contribution in [0.3, 0.4) is 0 Å². The maximum Gasteiger partial charge on any atom is 0.0236 e. The predicted octanol–water partition coefficient (Wildman–Crippen LogP) is 4.41. The lowest BCUT2D eigenvalue weighted by Crippen LogP contribution is -2.31. The Bertz CT molecular complexity index is 345. The Morgan fingerprint density at radius 2 is 1.67 bits per heavy atom. The molecule has 0 fully saturated rings. The standard InChI is InChI=1S/C17H27N/c1-2-3-4-5-6-9-13-18-14-12-16-10-7-8-11-17(16)15-18/h7-8,10-11H,2-6,9,12-15H2,1H3. The van der Waals surface area contributed by atoms with Gasteiger partial charge in [-0.25, -0.2) is 0 Å². The van der Waals surface area contributed by atoms with Gasteiger partial charge in [-0.3, -0.25) is 4.90 Å². The smallest absolute Gasteiger partial charge is 0.0236 e. The van der Waals surface area contributed by atoms with Crippen LogP contribution in [0.1, 0.15) is 56.6 Å². The zero-order valence-electron chi connectivity index (χ0n) is 11.8. The van der Waals surface area contributed by atoms with Crippen LogP contribution in [0.2, 0.25) is 0 Å². The fraction of sp³-hybridized carbons (Fsp3) is 0.647. The minimum absolute atomic E-state index is 1.17. The molecule has 1 heteroatoms. The van der Waals surface area contributed by atoms with Crippen LogP contribution in [0.5, 0.6) is 0 Å². The number of nitrogens with zero attached hydrogens (tertiary/aromatic N) is 1. The molecule has 1 nitrogen and oxygen atoms in total. The number of hydrogen-bond donors (Lipinski definition) is 0. The number of hydrogen-bond acceptors (Lipinski definition) is 1. The van der Waals surface area contributed by atoms with Gasteiger partial charge in [-0.2, -0.15) is 0 Å². The molecule has 1 heterocycles. The molecule has 0 aromatic heterocycles. The van der Waals surface area contributed by atoms with Crippen molar-refractivity contribution >= 4 is 0 Å². The fourth-order valence-corrected chi connectivity index (χ4v) is 2.86. The maximum atomic E-state index is 2.63. The maximum absolute atomic E-state index is 2.63. The van der Waals surface area contributed by atoms with Crippen LogP contribution in [-0.4, -0.2) is 18.0 Å². The van der Waals surface area contributed by atoms with Gasteiger partial charge in [-0.15, -0.1) is 0 Å². The Labute approximate surface area is 112 Å². The Balaban J connectivity index is 1.64. The summed E-state index contributed by atoms with van der Waals surface area (Å²) in [6.45, 7) is 6.00. The second-order valence-electron chi connectivity index (χ2n) is 5.56. The van der Waals surface area contributed by atoms with Crippen molar-refractivity contribution in [3.63, 3.8) is 0 Å². The second-order valence-corrected chi connectivity index (χ2v) is 5.56. The minimum Gasteiger partial charge on any atom is -0.299 e. The third-order valence-electron chi connectivity index (χ3n) is 4.04. The van der Waals surface area contributed by atoms with Gasteiger partial charge in [0.1, 0.15) is 0 Å². The van der Waals surface area contributed by atoms with E-state index in [1.165, 1.54) is 64.6 Å². The molecule has 0 N–H and O–H groups in total. The first-order chi connectivity index (χ1) is 8.90. The quantitative estimate of drug-likeness (QED) is 0.643. The average Bonchev–Trinajstić information content (AvgIpc) is 2.42. The first-order valence-corrected chi connectivity index (χ1v) is 7.69. The molecule has 2 rings (SSSR count). The topological polar surface area (TPSA) is 3.24 Å². The Morgan fingerprint density at radius 1 is 0.944 bits per heavy atom. The molecular formula is C17H27N. The van der Waals surface area contributed by atoms with E-state index in [2.05, 4.69) is 36.1 Å². The summed E-state index contributed by atoms with van der Waals surface area (Å²) in [5.74, 6) is 0. The summed E-state index contributed by atoms with van der Waals surface area (Å²) in [5.41, 5.74) is 3.12. The second kappa shape index (κ2) is 7.58. The minimum atomic E-state index is 1.17. The molecule has 1 aromatic rings. The van der Waals surface area contributed by atoms with Gasteiger partial charge in [0.25, 0.3) is 0 Å². The normalized spacial score (nSPS) is 15.6. The molecule has 0 spiro atoms. The highest BCUT2D eigenvalue weighted by Crippen LogP contribution is 2.18. The monoisotopic (exact) mass is 245 g/mol. The summed E-state index contributed by atoms with van der Waals surface area (Å²) >= 11 is 0. The summed E-state index contributed by atoms with van der Waals surface area (Å²) in [6, 6.07) is 8.93. The SMILES string of the molecule is CCCCCCCCN1CCc2ccccc2C1. The van der Waals surface area contributed by atoms with Gasteiger partial charge in [-0.05, 0) is 30.5 Å². The van der Waals surface area contributed by atoms with Crippen LogP contribution >= 0.6 is 0 Å². The molecule has 0 saturated carbocycles. The highest BCUT2D eigenvalue weighted by atomic mass is 15.1. The lowest BCUT2D eigenvalue weighted by molar-refractivity contribution is 0.248. The van der Waals surface area contributed by atoms with E-state index in [-0.39, 0.29) is 0 Å². The molecule has 1 aliphatic rings. The number of unbranched alkanes of at least 4 members (excludes halogenated alkanes) is 5. The average molecular weight is 245 g/mol. The van der Waals surface area contributed by atoms with Gasteiger partial charge in [0.05, 0.1) is 0 Å². The Morgan fingerprint density at radius 3 is 2.50 bits per heavy atom. The van der Waals surface area contributed by atoms with Crippen molar-refractivity contribution in [1.29, 1.82) is 0 Å². The van der Waals surface area contributed by atoms with E-state index in [9.17, 15) is 0 Å². The molecule has 100 valence electrons. The molecule has 0 aliphatic carbocycles. The van der Waals surface area contributed by atoms with Crippen LogP contribution in [0, 0.1) is 0 Å². The summed E-state index contributed by atoms with van der Waals surface area (Å²) in [5, 5.41) is 0. The largest absolute Gasteiger partial charge is 0.299 e. The Hall–Kier alpha value is -0.820. The van der Waals surface area contributed by atoms with Crippen molar-refractivity contribution in [2.45, 2.75) is 58.4 Å². The third-order valence-corrected chi connectivity index (χ3v) is 4.04. The van der Waals surface area contributed by atoms with Crippen molar-refractivity contribution in [3.05, 3.63) is 35.4 Å². The highest BCUT2D eigenvalue weighted by Gasteiger charge is 2.14. The van der Waals surface area contributed by atoms with Gasteiger partial charge in [0.15, 0.2) is 0 Å². The van der Waals surface area contributed by atoms with Gasteiger partial charge in [0.2, 0.25) is 0 Å². The Kier molecular flexibility index (Phi) is 5.73. The number of fused-ring (bicyclic) bond motifs is 1. The van der Waals surface area contributed by atoms with Crippen LogP contribution in [0.15, 0.2) is 24.3 Å². The summed E-state index contributed by atoms with van der Waals surface area (Å²) in [4.78, 5) is 2.63. The molecule has 0 unspecified atom stereocenters. The lowest BCUT2D eigenvalue weighted by Gasteiger charge is -2.28. The van der Waals surface area contributed by atoms with E-state index in [0.717, 1.165) is 0 Å². The molecule has 1 aromatic carbocycles. The number of benzene rings is 1. The van der Waals surface area contributed by atoms with Crippen molar-refractivity contribution in [3.8, 4) is 0 Å². The first kappa shape index (κ1) is 13.6. The number of rotatable bonds is 7. The first-order valence-electron chi connectivity index (χ1n) is 7.69. The molecule has 18 heavy (non-hydrogen) atoms. The van der Waals surface area contributed by atoms with Crippen LogP contribution in [0.4, 0.5) is 0 Å². The van der Waals surface area contributed by atoms with Crippen molar-refractivity contribution < 1.29 is 0 Å². The molecule has 0 atom stereocenters. The molecule has 0 radical (unpaired) electrons. The van der Waals surface area contributed by atoms with E-state index in [1.54, 1.807) is 11.1 Å². The van der Waals surface area contributed by atoms with Crippen LogP contribution in [-0.2, 0) is 13.0 Å². The van der Waals surface area contributed by atoms with Gasteiger partial charge < -0.3 is 0 Å².